The Morgan fingerprint density at radius 2 is 2.11 bits per heavy atom. The lowest BCUT2D eigenvalue weighted by Crippen LogP contribution is -2.52. The molecule has 2 aliphatic rings. The van der Waals surface area contributed by atoms with Crippen LogP contribution >= 0.6 is 23.2 Å². The monoisotopic (exact) mass is 299 g/mol. The van der Waals surface area contributed by atoms with Crippen LogP contribution in [0, 0.1) is 0 Å². The van der Waals surface area contributed by atoms with Crippen LogP contribution < -0.4 is 0 Å². The van der Waals surface area contributed by atoms with E-state index in [1.165, 1.54) is 12.8 Å². The van der Waals surface area contributed by atoms with Crippen LogP contribution in [0.3, 0.4) is 0 Å². The minimum absolute atomic E-state index is 0.112. The van der Waals surface area contributed by atoms with Crippen LogP contribution in [0.15, 0.2) is 12.1 Å². The van der Waals surface area contributed by atoms with Gasteiger partial charge in [-0.2, -0.15) is 0 Å². The number of carbonyl (C=O) groups excluding carboxylic acids is 1. The van der Waals surface area contributed by atoms with Gasteiger partial charge in [0.25, 0.3) is 5.91 Å². The lowest BCUT2D eigenvalue weighted by atomic mass is 10.1. The van der Waals surface area contributed by atoms with Crippen LogP contribution in [-0.4, -0.2) is 52.9 Å². The van der Waals surface area contributed by atoms with Crippen molar-refractivity contribution in [2.24, 2.45) is 0 Å². The Morgan fingerprint density at radius 1 is 1.26 bits per heavy atom. The highest BCUT2D eigenvalue weighted by molar-refractivity contribution is 6.34. The maximum Gasteiger partial charge on any atom is 0.274 e. The third-order valence-corrected chi connectivity index (χ3v) is 4.40. The fraction of sp³-hybridized carbons (Fsp3) is 0.538. The topological polar surface area (TPSA) is 36.4 Å². The van der Waals surface area contributed by atoms with Crippen molar-refractivity contribution in [1.29, 1.82) is 0 Å². The van der Waals surface area contributed by atoms with Gasteiger partial charge >= 0.3 is 0 Å². The van der Waals surface area contributed by atoms with Gasteiger partial charge in [0.15, 0.2) is 0 Å². The van der Waals surface area contributed by atoms with Crippen molar-refractivity contribution in [1.82, 2.24) is 14.8 Å². The first-order valence-electron chi connectivity index (χ1n) is 6.50. The van der Waals surface area contributed by atoms with Gasteiger partial charge in [-0.05, 0) is 31.5 Å². The van der Waals surface area contributed by atoms with Crippen LogP contribution in [0.4, 0.5) is 0 Å². The molecule has 1 amide bonds. The molecule has 0 aliphatic carbocycles. The van der Waals surface area contributed by atoms with E-state index in [1.807, 2.05) is 4.90 Å². The van der Waals surface area contributed by atoms with E-state index in [0.29, 0.717) is 16.2 Å². The van der Waals surface area contributed by atoms with Crippen molar-refractivity contribution in [3.05, 3.63) is 28.0 Å². The molecule has 1 unspecified atom stereocenters. The molecular formula is C13H15Cl2N3O. The molecule has 1 atom stereocenters. The summed E-state index contributed by atoms with van der Waals surface area (Å²) in [5, 5.41) is 0.663. The molecule has 0 aromatic carbocycles. The van der Waals surface area contributed by atoms with Gasteiger partial charge in [-0.25, -0.2) is 4.98 Å². The third-order valence-electron chi connectivity index (χ3n) is 3.89. The van der Waals surface area contributed by atoms with E-state index in [0.717, 1.165) is 26.2 Å². The highest BCUT2D eigenvalue weighted by Gasteiger charge is 2.33. The van der Waals surface area contributed by atoms with E-state index < -0.39 is 0 Å². The first kappa shape index (κ1) is 13.2. The number of amides is 1. The maximum atomic E-state index is 12.5. The number of pyridine rings is 1. The molecule has 0 bridgehead atoms. The van der Waals surface area contributed by atoms with E-state index in [-0.39, 0.29) is 11.6 Å². The standard InChI is InChI=1S/C13H15Cl2N3O/c14-10-3-4-11(15)16-12(10)13(19)18-7-6-17-5-1-2-9(17)8-18/h3-4,9H,1-2,5-8H2. The molecule has 1 aromatic rings. The van der Waals surface area contributed by atoms with E-state index in [4.69, 9.17) is 23.2 Å². The Morgan fingerprint density at radius 3 is 2.95 bits per heavy atom. The summed E-state index contributed by atoms with van der Waals surface area (Å²) in [5.74, 6) is -0.112. The molecule has 0 radical (unpaired) electrons. The number of hydrogen-bond donors (Lipinski definition) is 0. The molecule has 6 heteroatoms. The van der Waals surface area contributed by atoms with E-state index >= 15 is 0 Å². The molecule has 2 fully saturated rings. The Labute approximate surface area is 122 Å². The molecule has 1 aromatic heterocycles. The van der Waals surface area contributed by atoms with Crippen LogP contribution in [0.25, 0.3) is 0 Å². The van der Waals surface area contributed by atoms with Gasteiger partial charge in [-0.15, -0.1) is 0 Å². The molecule has 102 valence electrons. The van der Waals surface area contributed by atoms with Gasteiger partial charge in [0.2, 0.25) is 0 Å². The van der Waals surface area contributed by atoms with Gasteiger partial charge in [0.05, 0.1) is 5.02 Å². The summed E-state index contributed by atoms with van der Waals surface area (Å²) in [6, 6.07) is 3.71. The number of nitrogens with zero attached hydrogens (tertiary/aromatic N) is 3. The van der Waals surface area contributed by atoms with Crippen LogP contribution in [0.5, 0.6) is 0 Å². The summed E-state index contributed by atoms with van der Waals surface area (Å²) in [6.07, 6.45) is 2.39. The van der Waals surface area contributed by atoms with Crippen LogP contribution in [0.2, 0.25) is 10.2 Å². The molecule has 4 nitrogen and oxygen atoms in total. The number of carbonyl (C=O) groups is 1. The molecular weight excluding hydrogens is 285 g/mol. The SMILES string of the molecule is O=C(c1nc(Cl)ccc1Cl)N1CCN2CCCC2C1. The highest BCUT2D eigenvalue weighted by Crippen LogP contribution is 2.24. The van der Waals surface area contributed by atoms with E-state index in [9.17, 15) is 4.79 Å². The van der Waals surface area contributed by atoms with Crippen molar-refractivity contribution in [2.75, 3.05) is 26.2 Å². The second-order valence-electron chi connectivity index (χ2n) is 5.05. The van der Waals surface area contributed by atoms with Gasteiger partial charge in [0, 0.05) is 25.7 Å². The highest BCUT2D eigenvalue weighted by atomic mass is 35.5. The minimum atomic E-state index is -0.112. The normalized spacial score (nSPS) is 23.5. The third kappa shape index (κ3) is 2.57. The molecule has 0 spiro atoms. The van der Waals surface area contributed by atoms with E-state index in [1.54, 1.807) is 12.1 Å². The summed E-state index contributed by atoms with van der Waals surface area (Å²) in [5.41, 5.74) is 0.264. The van der Waals surface area contributed by atoms with Crippen molar-refractivity contribution in [3.8, 4) is 0 Å². The Balaban J connectivity index is 1.78. The molecule has 0 saturated carbocycles. The Hall–Kier alpha value is -0.840. The molecule has 3 rings (SSSR count). The smallest absolute Gasteiger partial charge is 0.274 e. The van der Waals surface area contributed by atoms with Gasteiger partial charge < -0.3 is 4.90 Å². The quantitative estimate of drug-likeness (QED) is 0.747. The van der Waals surface area contributed by atoms with Crippen LogP contribution in [-0.2, 0) is 0 Å². The second-order valence-corrected chi connectivity index (χ2v) is 5.84. The largest absolute Gasteiger partial charge is 0.334 e. The predicted molar refractivity (Wildman–Crippen MR) is 74.8 cm³/mol. The first-order chi connectivity index (χ1) is 9.15. The summed E-state index contributed by atoms with van der Waals surface area (Å²) < 4.78 is 0. The number of rotatable bonds is 1. The number of halogens is 2. The Bertz CT molecular complexity index is 509. The fourth-order valence-corrected chi connectivity index (χ4v) is 3.23. The zero-order valence-corrected chi connectivity index (χ0v) is 12.0. The minimum Gasteiger partial charge on any atom is -0.334 e. The molecule has 2 aliphatic heterocycles. The van der Waals surface area contributed by atoms with Gasteiger partial charge in [-0.1, -0.05) is 23.2 Å². The fourth-order valence-electron chi connectivity index (χ4n) is 2.89. The molecule has 19 heavy (non-hydrogen) atoms. The van der Waals surface area contributed by atoms with Crippen molar-refractivity contribution in [3.63, 3.8) is 0 Å². The van der Waals surface area contributed by atoms with Gasteiger partial charge in [0.1, 0.15) is 10.8 Å². The first-order valence-corrected chi connectivity index (χ1v) is 7.26. The second kappa shape index (κ2) is 5.27. The summed E-state index contributed by atoms with van der Waals surface area (Å²) in [7, 11) is 0. The zero-order valence-electron chi connectivity index (χ0n) is 10.5. The summed E-state index contributed by atoms with van der Waals surface area (Å²) in [6.45, 7) is 3.60. The maximum absolute atomic E-state index is 12.5. The van der Waals surface area contributed by atoms with Gasteiger partial charge in [-0.3, -0.25) is 9.69 Å². The zero-order chi connectivity index (χ0) is 13.4. The molecule has 0 N–H and O–H groups in total. The number of fused-ring (bicyclic) bond motifs is 1. The average Bonchev–Trinajstić information content (AvgIpc) is 2.88. The molecule has 3 heterocycles. The summed E-state index contributed by atoms with van der Waals surface area (Å²) >= 11 is 11.9. The predicted octanol–water partition coefficient (Wildman–Crippen LogP) is 2.31. The Kier molecular flexibility index (Phi) is 3.65. The van der Waals surface area contributed by atoms with Crippen molar-refractivity contribution >= 4 is 29.1 Å². The van der Waals surface area contributed by atoms with E-state index in [2.05, 4.69) is 9.88 Å². The number of hydrogen-bond acceptors (Lipinski definition) is 3. The lowest BCUT2D eigenvalue weighted by Gasteiger charge is -2.37. The summed E-state index contributed by atoms with van der Waals surface area (Å²) in [4.78, 5) is 20.8. The van der Waals surface area contributed by atoms with Crippen LogP contribution in [0.1, 0.15) is 23.3 Å². The molecule has 2 saturated heterocycles. The van der Waals surface area contributed by atoms with Crippen molar-refractivity contribution in [2.45, 2.75) is 18.9 Å². The number of aromatic nitrogens is 1. The van der Waals surface area contributed by atoms with Crippen molar-refractivity contribution < 1.29 is 4.79 Å². The number of piperazine rings is 1. The average molecular weight is 300 g/mol. The lowest BCUT2D eigenvalue weighted by molar-refractivity contribution is 0.0566.